The Bertz CT molecular complexity index is 658. The van der Waals surface area contributed by atoms with Crippen LogP contribution in [0.2, 0.25) is 5.02 Å². The van der Waals surface area contributed by atoms with Crippen molar-refractivity contribution < 1.29 is 9.18 Å². The second-order valence-electron chi connectivity index (χ2n) is 4.50. The van der Waals surface area contributed by atoms with Gasteiger partial charge in [-0.25, -0.2) is 4.39 Å². The molecule has 3 nitrogen and oxygen atoms in total. The monoisotopic (exact) mass is 292 g/mol. The largest absolute Gasteiger partial charge is 0.381 e. The van der Waals surface area contributed by atoms with Gasteiger partial charge in [-0.05, 0) is 42.3 Å². The minimum Gasteiger partial charge on any atom is -0.381 e. The third kappa shape index (κ3) is 3.27. The normalized spacial score (nSPS) is 10.3. The number of carbonyl (C=O) groups excluding carboxylic acids is 1. The minimum absolute atomic E-state index is 0.220. The first kappa shape index (κ1) is 14.3. The highest BCUT2D eigenvalue weighted by atomic mass is 35.5. The number of rotatable bonds is 4. The fourth-order valence-corrected chi connectivity index (χ4v) is 2.12. The number of halogens is 2. The topological polar surface area (TPSA) is 55.1 Å². The number of nitrogens with one attached hydrogen (secondary N) is 1. The molecule has 1 amide bonds. The molecule has 0 atom stereocenters. The van der Waals surface area contributed by atoms with Crippen LogP contribution in [0, 0.1) is 12.7 Å². The Morgan fingerprint density at radius 2 is 2.05 bits per heavy atom. The zero-order chi connectivity index (χ0) is 14.7. The maximum absolute atomic E-state index is 13.2. The summed E-state index contributed by atoms with van der Waals surface area (Å²) in [7, 11) is 0. The highest BCUT2D eigenvalue weighted by Gasteiger charge is 2.07. The summed E-state index contributed by atoms with van der Waals surface area (Å²) in [5.74, 6) is -0.779. The Kier molecular flexibility index (Phi) is 4.25. The van der Waals surface area contributed by atoms with E-state index in [1.165, 1.54) is 6.07 Å². The first-order valence-corrected chi connectivity index (χ1v) is 6.43. The number of hydrogen-bond donors (Lipinski definition) is 2. The molecule has 20 heavy (non-hydrogen) atoms. The maximum atomic E-state index is 13.2. The summed E-state index contributed by atoms with van der Waals surface area (Å²) in [6.07, 6.45) is 0. The highest BCUT2D eigenvalue weighted by Crippen LogP contribution is 2.21. The van der Waals surface area contributed by atoms with Crippen LogP contribution < -0.4 is 11.1 Å². The van der Waals surface area contributed by atoms with E-state index in [0.29, 0.717) is 17.1 Å². The molecule has 0 fully saturated rings. The zero-order valence-electron chi connectivity index (χ0n) is 10.9. The van der Waals surface area contributed by atoms with Crippen molar-refractivity contribution in [2.75, 3.05) is 5.32 Å². The molecule has 0 aliphatic rings. The lowest BCUT2D eigenvalue weighted by Crippen LogP contribution is -2.11. The van der Waals surface area contributed by atoms with Gasteiger partial charge in [-0.1, -0.05) is 23.7 Å². The SMILES string of the molecule is Cc1cc(CNc2ccc(C(N)=O)c(Cl)c2)ccc1F. The van der Waals surface area contributed by atoms with Gasteiger partial charge in [0.15, 0.2) is 0 Å². The Morgan fingerprint density at radius 1 is 1.30 bits per heavy atom. The van der Waals surface area contributed by atoms with Crippen molar-refractivity contribution >= 4 is 23.2 Å². The second-order valence-corrected chi connectivity index (χ2v) is 4.90. The van der Waals surface area contributed by atoms with E-state index in [1.54, 1.807) is 37.3 Å². The summed E-state index contributed by atoms with van der Waals surface area (Å²) < 4.78 is 13.2. The number of primary amides is 1. The number of hydrogen-bond acceptors (Lipinski definition) is 2. The van der Waals surface area contributed by atoms with Gasteiger partial charge in [0.2, 0.25) is 5.91 Å². The molecular formula is C15H14ClFN2O. The smallest absolute Gasteiger partial charge is 0.250 e. The standard InChI is InChI=1S/C15H14ClFN2O/c1-9-6-10(2-5-14(9)17)8-19-11-3-4-12(15(18)20)13(16)7-11/h2-7,19H,8H2,1H3,(H2,18,20). The highest BCUT2D eigenvalue weighted by molar-refractivity contribution is 6.34. The number of aryl methyl sites for hydroxylation is 1. The van der Waals surface area contributed by atoms with Crippen LogP contribution in [0.4, 0.5) is 10.1 Å². The van der Waals surface area contributed by atoms with Crippen molar-refractivity contribution in [3.05, 3.63) is 63.9 Å². The van der Waals surface area contributed by atoms with Crippen LogP contribution in [-0.2, 0) is 6.54 Å². The van der Waals surface area contributed by atoms with Gasteiger partial charge in [0.1, 0.15) is 5.82 Å². The lowest BCUT2D eigenvalue weighted by Gasteiger charge is -2.09. The first-order chi connectivity index (χ1) is 9.47. The molecule has 2 rings (SSSR count). The van der Waals surface area contributed by atoms with Gasteiger partial charge in [-0.2, -0.15) is 0 Å². The van der Waals surface area contributed by atoms with Gasteiger partial charge < -0.3 is 11.1 Å². The molecule has 0 saturated heterocycles. The third-order valence-corrected chi connectivity index (χ3v) is 3.27. The van der Waals surface area contributed by atoms with Crippen molar-refractivity contribution in [3.8, 4) is 0 Å². The Balaban J connectivity index is 2.09. The number of benzene rings is 2. The molecule has 0 heterocycles. The minimum atomic E-state index is -0.560. The van der Waals surface area contributed by atoms with Gasteiger partial charge in [-0.3, -0.25) is 4.79 Å². The van der Waals surface area contributed by atoms with E-state index < -0.39 is 5.91 Å². The number of nitrogens with two attached hydrogens (primary N) is 1. The van der Waals surface area contributed by atoms with Gasteiger partial charge in [-0.15, -0.1) is 0 Å². The Hall–Kier alpha value is -2.07. The van der Waals surface area contributed by atoms with Crippen molar-refractivity contribution in [1.29, 1.82) is 0 Å². The predicted octanol–water partition coefficient (Wildman–Crippen LogP) is 3.50. The fraction of sp³-hybridized carbons (Fsp3) is 0.133. The van der Waals surface area contributed by atoms with Gasteiger partial charge in [0, 0.05) is 12.2 Å². The molecule has 2 aromatic carbocycles. The average Bonchev–Trinajstić information content (AvgIpc) is 2.40. The van der Waals surface area contributed by atoms with Crippen LogP contribution in [0.15, 0.2) is 36.4 Å². The van der Waals surface area contributed by atoms with E-state index in [2.05, 4.69) is 5.32 Å². The molecule has 0 radical (unpaired) electrons. The van der Waals surface area contributed by atoms with Gasteiger partial charge in [0.05, 0.1) is 10.6 Å². The molecule has 2 aromatic rings. The molecule has 0 aliphatic carbocycles. The zero-order valence-corrected chi connectivity index (χ0v) is 11.7. The lowest BCUT2D eigenvalue weighted by molar-refractivity contribution is 0.100. The van der Waals surface area contributed by atoms with Crippen LogP contribution in [0.1, 0.15) is 21.5 Å². The van der Waals surface area contributed by atoms with Crippen LogP contribution >= 0.6 is 11.6 Å². The number of anilines is 1. The molecule has 5 heteroatoms. The van der Waals surface area contributed by atoms with E-state index >= 15 is 0 Å². The predicted molar refractivity (Wildman–Crippen MR) is 78.4 cm³/mol. The molecule has 0 saturated carbocycles. The van der Waals surface area contributed by atoms with Crippen LogP contribution in [0.5, 0.6) is 0 Å². The molecule has 0 aliphatic heterocycles. The first-order valence-electron chi connectivity index (χ1n) is 6.05. The number of carbonyl (C=O) groups is 1. The van der Waals surface area contributed by atoms with Crippen LogP contribution in [0.25, 0.3) is 0 Å². The Morgan fingerprint density at radius 3 is 2.65 bits per heavy atom. The molecule has 3 N–H and O–H groups in total. The quantitative estimate of drug-likeness (QED) is 0.906. The van der Waals surface area contributed by atoms with Crippen molar-refractivity contribution in [3.63, 3.8) is 0 Å². The van der Waals surface area contributed by atoms with Gasteiger partial charge in [0.25, 0.3) is 0 Å². The maximum Gasteiger partial charge on any atom is 0.250 e. The lowest BCUT2D eigenvalue weighted by atomic mass is 10.1. The van der Waals surface area contributed by atoms with Crippen molar-refractivity contribution in [2.24, 2.45) is 5.73 Å². The molecule has 0 bridgehead atoms. The van der Waals surface area contributed by atoms with E-state index in [0.717, 1.165) is 11.3 Å². The number of amides is 1. The summed E-state index contributed by atoms with van der Waals surface area (Å²) in [5, 5.41) is 3.46. The molecule has 0 aromatic heterocycles. The molecular weight excluding hydrogens is 279 g/mol. The Labute approximate surface area is 121 Å². The third-order valence-electron chi connectivity index (χ3n) is 2.95. The van der Waals surface area contributed by atoms with Crippen LogP contribution in [0.3, 0.4) is 0 Å². The molecule has 0 unspecified atom stereocenters. The van der Waals surface area contributed by atoms with Crippen molar-refractivity contribution in [1.82, 2.24) is 0 Å². The summed E-state index contributed by atoms with van der Waals surface area (Å²) in [6, 6.07) is 9.87. The summed E-state index contributed by atoms with van der Waals surface area (Å²) in [4.78, 5) is 11.1. The fourth-order valence-electron chi connectivity index (χ4n) is 1.85. The summed E-state index contributed by atoms with van der Waals surface area (Å²) in [6.45, 7) is 2.25. The van der Waals surface area contributed by atoms with Crippen molar-refractivity contribution in [2.45, 2.75) is 13.5 Å². The van der Waals surface area contributed by atoms with E-state index in [-0.39, 0.29) is 11.4 Å². The van der Waals surface area contributed by atoms with Crippen LogP contribution in [-0.4, -0.2) is 5.91 Å². The van der Waals surface area contributed by atoms with E-state index in [1.807, 2.05) is 0 Å². The van der Waals surface area contributed by atoms with E-state index in [4.69, 9.17) is 17.3 Å². The van der Waals surface area contributed by atoms with Gasteiger partial charge >= 0.3 is 0 Å². The molecule has 104 valence electrons. The van der Waals surface area contributed by atoms with E-state index in [9.17, 15) is 9.18 Å². The molecule has 0 spiro atoms. The second kappa shape index (κ2) is 5.92. The summed E-state index contributed by atoms with van der Waals surface area (Å²) >= 11 is 5.96. The summed E-state index contributed by atoms with van der Waals surface area (Å²) in [5.41, 5.74) is 7.79. The average molecular weight is 293 g/mol.